The number of para-hydroxylation sites is 1. The fourth-order valence-electron chi connectivity index (χ4n) is 3.39. The molecule has 25 heavy (non-hydrogen) atoms. The smallest absolute Gasteiger partial charge is 0.276 e. The Balaban J connectivity index is 1.64. The average Bonchev–Trinajstić information content (AvgIpc) is 3.39. The van der Waals surface area contributed by atoms with Gasteiger partial charge in [0.15, 0.2) is 5.69 Å². The Kier molecular flexibility index (Phi) is 3.00. The second-order valence-electron chi connectivity index (χ2n) is 5.99. The predicted molar refractivity (Wildman–Crippen MR) is 87.9 cm³/mol. The number of fused-ring (bicyclic) bond motifs is 2. The van der Waals surface area contributed by atoms with Gasteiger partial charge in [-0.15, -0.1) is 0 Å². The lowest BCUT2D eigenvalue weighted by Gasteiger charge is -2.33. The number of benzene rings is 1. The van der Waals surface area contributed by atoms with Gasteiger partial charge >= 0.3 is 0 Å². The monoisotopic (exact) mass is 334 g/mol. The summed E-state index contributed by atoms with van der Waals surface area (Å²) in [7, 11) is 0. The van der Waals surface area contributed by atoms with Gasteiger partial charge in [-0.05, 0) is 12.1 Å². The summed E-state index contributed by atoms with van der Waals surface area (Å²) in [5.74, 6) is 0.485. The van der Waals surface area contributed by atoms with Gasteiger partial charge in [0.25, 0.3) is 5.91 Å². The molecule has 4 aromatic rings. The Morgan fingerprint density at radius 3 is 3.04 bits per heavy atom. The van der Waals surface area contributed by atoms with Gasteiger partial charge in [-0.3, -0.25) is 4.79 Å². The van der Waals surface area contributed by atoms with Crippen molar-refractivity contribution in [2.45, 2.75) is 12.5 Å². The lowest BCUT2D eigenvalue weighted by molar-refractivity contribution is 0.0662. The van der Waals surface area contributed by atoms with Gasteiger partial charge in [-0.2, -0.15) is 0 Å². The van der Waals surface area contributed by atoms with E-state index < -0.39 is 6.04 Å². The van der Waals surface area contributed by atoms with Crippen molar-refractivity contribution >= 4 is 16.9 Å². The lowest BCUT2D eigenvalue weighted by atomic mass is 9.99. The minimum Gasteiger partial charge on any atom is -0.458 e. The number of amides is 1. The fraction of sp³-hybridized carbons (Fsp3) is 0.167. The normalized spacial score (nSPS) is 17.0. The molecule has 0 radical (unpaired) electrons. The molecule has 0 unspecified atom stereocenters. The topological polar surface area (TPSA) is 88.2 Å². The molecule has 0 saturated heterocycles. The Hall–Kier alpha value is -3.35. The molecule has 1 amide bonds. The van der Waals surface area contributed by atoms with Crippen LogP contribution in [-0.2, 0) is 6.42 Å². The number of carbonyl (C=O) groups is 1. The summed E-state index contributed by atoms with van der Waals surface area (Å²) in [5.41, 5.74) is 2.89. The summed E-state index contributed by atoms with van der Waals surface area (Å²) in [6, 6.07) is 10.9. The molecule has 4 heterocycles. The van der Waals surface area contributed by atoms with E-state index in [0.717, 1.165) is 22.4 Å². The number of carbonyl (C=O) groups excluding carboxylic acids is 1. The maximum absolute atomic E-state index is 12.9. The van der Waals surface area contributed by atoms with Crippen molar-refractivity contribution in [3.8, 4) is 0 Å². The number of hydrogen-bond donors (Lipinski definition) is 1. The molecule has 1 atom stereocenters. The molecule has 0 aliphatic carbocycles. The van der Waals surface area contributed by atoms with Crippen LogP contribution in [0, 0.1) is 0 Å². The average molecular weight is 334 g/mol. The number of hydrogen-bond acceptors (Lipinski definition) is 5. The second kappa shape index (κ2) is 5.34. The number of imidazole rings is 1. The van der Waals surface area contributed by atoms with Crippen molar-refractivity contribution in [3.05, 3.63) is 71.8 Å². The predicted octanol–water partition coefficient (Wildman–Crippen LogP) is 2.93. The molecule has 0 fully saturated rings. The highest BCUT2D eigenvalue weighted by atomic mass is 16.5. The van der Waals surface area contributed by atoms with Crippen LogP contribution in [0.5, 0.6) is 0 Å². The Bertz CT molecular complexity index is 1010. The lowest BCUT2D eigenvalue weighted by Crippen LogP contribution is -2.40. The molecular formula is C18H14N4O3. The minimum absolute atomic E-state index is 0.201. The van der Waals surface area contributed by atoms with Gasteiger partial charge in [-0.25, -0.2) is 4.98 Å². The number of nitrogens with zero attached hydrogens (tertiary/aromatic N) is 3. The van der Waals surface area contributed by atoms with E-state index in [9.17, 15) is 4.79 Å². The van der Waals surface area contributed by atoms with Crippen LogP contribution in [0.15, 0.2) is 57.9 Å². The summed E-state index contributed by atoms with van der Waals surface area (Å²) in [6.07, 6.45) is 3.76. The zero-order chi connectivity index (χ0) is 16.8. The highest BCUT2D eigenvalue weighted by Gasteiger charge is 2.37. The van der Waals surface area contributed by atoms with Crippen molar-refractivity contribution in [3.63, 3.8) is 0 Å². The molecule has 1 aliphatic rings. The van der Waals surface area contributed by atoms with Gasteiger partial charge in [0.05, 0.1) is 12.0 Å². The van der Waals surface area contributed by atoms with Crippen LogP contribution >= 0.6 is 0 Å². The van der Waals surface area contributed by atoms with Gasteiger partial charge in [0, 0.05) is 30.1 Å². The fourth-order valence-corrected chi connectivity index (χ4v) is 3.39. The summed E-state index contributed by atoms with van der Waals surface area (Å²) >= 11 is 0. The summed E-state index contributed by atoms with van der Waals surface area (Å²) in [5, 5.41) is 4.78. The van der Waals surface area contributed by atoms with Crippen LogP contribution in [0.1, 0.15) is 33.7 Å². The molecule has 124 valence electrons. The third-order valence-corrected chi connectivity index (χ3v) is 4.56. The highest BCUT2D eigenvalue weighted by Crippen LogP contribution is 2.36. The van der Waals surface area contributed by atoms with Crippen LogP contribution in [0.2, 0.25) is 0 Å². The third kappa shape index (κ3) is 2.16. The van der Waals surface area contributed by atoms with E-state index >= 15 is 0 Å². The van der Waals surface area contributed by atoms with Crippen LogP contribution in [0.25, 0.3) is 11.0 Å². The first kappa shape index (κ1) is 14.0. The molecule has 0 saturated carbocycles. The maximum atomic E-state index is 12.9. The molecule has 3 aromatic heterocycles. The van der Waals surface area contributed by atoms with E-state index in [1.54, 1.807) is 17.3 Å². The molecule has 0 spiro atoms. The van der Waals surface area contributed by atoms with Crippen molar-refractivity contribution in [1.82, 2.24) is 20.0 Å². The van der Waals surface area contributed by atoms with Crippen molar-refractivity contribution in [2.75, 3.05) is 6.54 Å². The molecule has 1 aromatic carbocycles. The van der Waals surface area contributed by atoms with Gasteiger partial charge < -0.3 is 18.8 Å². The van der Waals surface area contributed by atoms with Gasteiger partial charge in [0.2, 0.25) is 0 Å². The van der Waals surface area contributed by atoms with E-state index in [0.29, 0.717) is 18.7 Å². The third-order valence-electron chi connectivity index (χ3n) is 4.56. The van der Waals surface area contributed by atoms with E-state index in [2.05, 4.69) is 15.1 Å². The summed E-state index contributed by atoms with van der Waals surface area (Å²) < 4.78 is 10.9. The SMILES string of the molecule is O=C(c1ccon1)N1CCc2[nH]cnc2[C@@H]1c1cc2ccccc2o1. The summed E-state index contributed by atoms with van der Waals surface area (Å²) in [6.45, 7) is 0.544. The number of H-pyrrole nitrogens is 1. The Morgan fingerprint density at radius 1 is 1.28 bits per heavy atom. The number of rotatable bonds is 2. The molecule has 7 heteroatoms. The van der Waals surface area contributed by atoms with E-state index in [1.165, 1.54) is 6.26 Å². The van der Waals surface area contributed by atoms with Crippen LogP contribution in [0.3, 0.4) is 0 Å². The molecule has 7 nitrogen and oxygen atoms in total. The van der Waals surface area contributed by atoms with Crippen molar-refractivity contribution < 1.29 is 13.7 Å². The van der Waals surface area contributed by atoms with Gasteiger partial charge in [-0.1, -0.05) is 23.4 Å². The van der Waals surface area contributed by atoms with Crippen LogP contribution in [-0.4, -0.2) is 32.5 Å². The second-order valence-corrected chi connectivity index (χ2v) is 5.99. The van der Waals surface area contributed by atoms with Crippen molar-refractivity contribution in [2.24, 2.45) is 0 Å². The standard InChI is InChI=1S/C18H14N4O3/c23-18(13-6-8-24-21-13)22-7-5-12-16(20-10-19-12)17(22)15-9-11-3-1-2-4-14(11)25-15/h1-4,6,8-10,17H,5,7H2,(H,19,20)/t17-/m0/s1. The highest BCUT2D eigenvalue weighted by molar-refractivity contribution is 5.93. The van der Waals surface area contributed by atoms with Crippen LogP contribution < -0.4 is 0 Å². The van der Waals surface area contributed by atoms with Gasteiger partial charge in [0.1, 0.15) is 23.6 Å². The van der Waals surface area contributed by atoms with Crippen molar-refractivity contribution in [1.29, 1.82) is 0 Å². The number of furan rings is 1. The summed E-state index contributed by atoms with van der Waals surface area (Å²) in [4.78, 5) is 22.3. The first-order valence-electron chi connectivity index (χ1n) is 8.03. The quantitative estimate of drug-likeness (QED) is 0.609. The van der Waals surface area contributed by atoms with Crippen LogP contribution in [0.4, 0.5) is 0 Å². The first-order valence-corrected chi connectivity index (χ1v) is 8.03. The zero-order valence-electron chi connectivity index (χ0n) is 13.2. The number of aromatic nitrogens is 3. The van der Waals surface area contributed by atoms with E-state index in [4.69, 9.17) is 8.94 Å². The molecule has 5 rings (SSSR count). The first-order chi connectivity index (χ1) is 12.3. The molecule has 0 bridgehead atoms. The van der Waals surface area contributed by atoms with E-state index in [1.807, 2.05) is 30.3 Å². The maximum Gasteiger partial charge on any atom is 0.276 e. The molecular weight excluding hydrogens is 320 g/mol. The Morgan fingerprint density at radius 2 is 2.20 bits per heavy atom. The molecule has 1 N–H and O–H groups in total. The zero-order valence-corrected chi connectivity index (χ0v) is 13.2. The number of nitrogens with one attached hydrogen (secondary N) is 1. The largest absolute Gasteiger partial charge is 0.458 e. The van der Waals surface area contributed by atoms with E-state index in [-0.39, 0.29) is 11.6 Å². The minimum atomic E-state index is -0.397. The molecule has 1 aliphatic heterocycles. The number of aromatic amines is 1. The Labute approximate surface area is 142 Å².